The Kier molecular flexibility index (Phi) is 6.00. The Labute approximate surface area is 127 Å². The largest absolute Gasteiger partial charge is 0.481 e. The van der Waals surface area contributed by atoms with Crippen LogP contribution in [0.25, 0.3) is 0 Å². The maximum atomic E-state index is 11.7. The molecule has 0 heterocycles. The van der Waals surface area contributed by atoms with Gasteiger partial charge in [-0.2, -0.15) is 5.26 Å². The summed E-state index contributed by atoms with van der Waals surface area (Å²) in [6, 6.07) is 5.86. The highest BCUT2D eigenvalue weighted by Crippen LogP contribution is 2.22. The molecule has 0 saturated heterocycles. The van der Waals surface area contributed by atoms with Crippen LogP contribution in [-0.4, -0.2) is 23.7 Å². The van der Waals surface area contributed by atoms with E-state index in [0.29, 0.717) is 11.3 Å². The average Bonchev–Trinajstić information content (AvgIpc) is 2.40. The van der Waals surface area contributed by atoms with Crippen molar-refractivity contribution in [1.29, 1.82) is 5.26 Å². The topological polar surface area (TPSA) is 102 Å². The molecule has 112 valence electrons. The third kappa shape index (κ3) is 4.97. The summed E-state index contributed by atoms with van der Waals surface area (Å²) in [5, 5.41) is 23.0. The first-order valence-electron chi connectivity index (χ1n) is 6.32. The lowest BCUT2D eigenvalue weighted by Crippen LogP contribution is -2.37. The van der Waals surface area contributed by atoms with Gasteiger partial charge in [-0.3, -0.25) is 4.79 Å². The second-order valence-electron chi connectivity index (χ2n) is 4.83. The second kappa shape index (κ2) is 7.50. The lowest BCUT2D eigenvalue weighted by Gasteiger charge is -2.17. The molecule has 1 unspecified atom stereocenters. The molecular formula is C14H16ClN3O3. The first kappa shape index (κ1) is 16.8. The standard InChI is InChI=1S/C14H16ClN3O3/c1-8(2)10(13(19)20)7-17-14(21)18-12-4-3-9(6-16)5-11(12)15/h3-5,8,10H,7H2,1-2H3,(H,19,20)(H2,17,18,21). The Bertz CT molecular complexity index is 581. The number of carboxylic acids is 1. The summed E-state index contributed by atoms with van der Waals surface area (Å²) >= 11 is 5.93. The van der Waals surface area contributed by atoms with Gasteiger partial charge in [0.1, 0.15) is 0 Å². The van der Waals surface area contributed by atoms with Gasteiger partial charge in [-0.25, -0.2) is 4.79 Å². The van der Waals surface area contributed by atoms with Gasteiger partial charge in [-0.15, -0.1) is 0 Å². The van der Waals surface area contributed by atoms with E-state index >= 15 is 0 Å². The highest BCUT2D eigenvalue weighted by atomic mass is 35.5. The highest BCUT2D eigenvalue weighted by Gasteiger charge is 2.22. The lowest BCUT2D eigenvalue weighted by atomic mass is 9.96. The first-order chi connectivity index (χ1) is 9.85. The molecule has 1 rings (SSSR count). The van der Waals surface area contributed by atoms with Crippen LogP contribution in [0.1, 0.15) is 19.4 Å². The molecule has 0 aliphatic heterocycles. The van der Waals surface area contributed by atoms with E-state index in [4.69, 9.17) is 22.0 Å². The van der Waals surface area contributed by atoms with Gasteiger partial charge in [0.2, 0.25) is 0 Å². The van der Waals surface area contributed by atoms with Crippen molar-refractivity contribution < 1.29 is 14.7 Å². The predicted octanol–water partition coefficient (Wildman–Crippen LogP) is 2.69. The van der Waals surface area contributed by atoms with Crippen molar-refractivity contribution in [2.75, 3.05) is 11.9 Å². The number of nitrogens with one attached hydrogen (secondary N) is 2. The molecule has 6 nitrogen and oxygen atoms in total. The number of hydrogen-bond donors (Lipinski definition) is 3. The number of aliphatic carboxylic acids is 1. The molecule has 0 saturated carbocycles. The van der Waals surface area contributed by atoms with Crippen molar-refractivity contribution >= 4 is 29.3 Å². The van der Waals surface area contributed by atoms with E-state index in [-0.39, 0.29) is 17.5 Å². The van der Waals surface area contributed by atoms with E-state index in [1.807, 2.05) is 6.07 Å². The maximum absolute atomic E-state index is 11.7. The minimum atomic E-state index is -0.957. The number of nitriles is 1. The number of carbonyl (C=O) groups excluding carboxylic acids is 1. The molecule has 0 aliphatic carbocycles. The molecule has 0 radical (unpaired) electrons. The minimum Gasteiger partial charge on any atom is -0.481 e. The summed E-state index contributed by atoms with van der Waals surface area (Å²) in [4.78, 5) is 22.7. The number of hydrogen-bond acceptors (Lipinski definition) is 3. The van der Waals surface area contributed by atoms with Crippen LogP contribution in [-0.2, 0) is 4.79 Å². The molecule has 0 aromatic heterocycles. The van der Waals surface area contributed by atoms with Crippen LogP contribution >= 0.6 is 11.6 Å². The van der Waals surface area contributed by atoms with Crippen LogP contribution in [0, 0.1) is 23.2 Å². The van der Waals surface area contributed by atoms with Crippen LogP contribution < -0.4 is 10.6 Å². The van der Waals surface area contributed by atoms with E-state index in [1.54, 1.807) is 13.8 Å². The third-order valence-electron chi connectivity index (χ3n) is 2.95. The smallest absolute Gasteiger partial charge is 0.319 e. The van der Waals surface area contributed by atoms with E-state index in [2.05, 4.69) is 10.6 Å². The molecule has 0 spiro atoms. The fraction of sp³-hybridized carbons (Fsp3) is 0.357. The van der Waals surface area contributed by atoms with Crippen LogP contribution in [0.15, 0.2) is 18.2 Å². The Morgan fingerprint density at radius 1 is 1.43 bits per heavy atom. The number of carbonyl (C=O) groups is 2. The summed E-state index contributed by atoms with van der Waals surface area (Å²) < 4.78 is 0. The van der Waals surface area contributed by atoms with E-state index in [0.717, 1.165) is 0 Å². The quantitative estimate of drug-likeness (QED) is 0.778. The van der Waals surface area contributed by atoms with Gasteiger partial charge in [-0.1, -0.05) is 25.4 Å². The normalized spacial score (nSPS) is 11.6. The predicted molar refractivity (Wildman–Crippen MR) is 79.2 cm³/mol. The van der Waals surface area contributed by atoms with Crippen molar-refractivity contribution in [3.8, 4) is 6.07 Å². The van der Waals surface area contributed by atoms with Crippen molar-refractivity contribution in [3.63, 3.8) is 0 Å². The molecule has 1 aromatic rings. The molecule has 2 amide bonds. The fourth-order valence-corrected chi connectivity index (χ4v) is 1.89. The van der Waals surface area contributed by atoms with Crippen molar-refractivity contribution in [3.05, 3.63) is 28.8 Å². The molecule has 7 heteroatoms. The zero-order valence-electron chi connectivity index (χ0n) is 11.7. The Hall–Kier alpha value is -2.26. The summed E-state index contributed by atoms with van der Waals surface area (Å²) in [5.41, 5.74) is 0.737. The average molecular weight is 310 g/mol. The van der Waals surface area contributed by atoms with Crippen LogP contribution in [0.5, 0.6) is 0 Å². The molecule has 1 atom stereocenters. The van der Waals surface area contributed by atoms with E-state index in [1.165, 1.54) is 18.2 Å². The Morgan fingerprint density at radius 3 is 2.57 bits per heavy atom. The maximum Gasteiger partial charge on any atom is 0.319 e. The van der Waals surface area contributed by atoms with Crippen LogP contribution in [0.2, 0.25) is 5.02 Å². The van der Waals surface area contributed by atoms with Crippen molar-refractivity contribution in [2.24, 2.45) is 11.8 Å². The first-order valence-corrected chi connectivity index (χ1v) is 6.70. The zero-order valence-corrected chi connectivity index (χ0v) is 12.4. The van der Waals surface area contributed by atoms with Gasteiger partial charge < -0.3 is 15.7 Å². The molecular weight excluding hydrogens is 294 g/mol. The number of carboxylic acid groups (broad SMARTS) is 1. The number of benzene rings is 1. The summed E-state index contributed by atoms with van der Waals surface area (Å²) in [6.45, 7) is 3.57. The number of halogens is 1. The number of rotatable bonds is 5. The van der Waals surface area contributed by atoms with Gasteiger partial charge in [0, 0.05) is 6.54 Å². The third-order valence-corrected chi connectivity index (χ3v) is 3.26. The summed E-state index contributed by atoms with van der Waals surface area (Å²) in [7, 11) is 0. The monoisotopic (exact) mass is 309 g/mol. The SMILES string of the molecule is CC(C)C(CNC(=O)Nc1ccc(C#N)cc1Cl)C(=O)O. The Balaban J connectivity index is 2.62. The number of anilines is 1. The highest BCUT2D eigenvalue weighted by molar-refractivity contribution is 6.33. The van der Waals surface area contributed by atoms with Gasteiger partial charge >= 0.3 is 12.0 Å². The fourth-order valence-electron chi connectivity index (χ4n) is 1.66. The van der Waals surface area contributed by atoms with E-state index in [9.17, 15) is 9.59 Å². The van der Waals surface area contributed by atoms with Crippen molar-refractivity contribution in [2.45, 2.75) is 13.8 Å². The van der Waals surface area contributed by atoms with E-state index < -0.39 is 17.9 Å². The molecule has 21 heavy (non-hydrogen) atoms. The van der Waals surface area contributed by atoms with Gasteiger partial charge in [0.25, 0.3) is 0 Å². The van der Waals surface area contributed by atoms with Crippen LogP contribution in [0.4, 0.5) is 10.5 Å². The number of amides is 2. The Morgan fingerprint density at radius 2 is 2.10 bits per heavy atom. The zero-order chi connectivity index (χ0) is 16.0. The summed E-state index contributed by atoms with van der Waals surface area (Å²) in [5.74, 6) is -1.71. The van der Waals surface area contributed by atoms with Crippen LogP contribution in [0.3, 0.4) is 0 Å². The molecule has 0 fully saturated rings. The van der Waals surface area contributed by atoms with Gasteiger partial charge in [0.05, 0.1) is 28.3 Å². The summed E-state index contributed by atoms with van der Waals surface area (Å²) in [6.07, 6.45) is 0. The van der Waals surface area contributed by atoms with Crippen molar-refractivity contribution in [1.82, 2.24) is 5.32 Å². The number of nitrogens with zero attached hydrogens (tertiary/aromatic N) is 1. The molecule has 1 aromatic carbocycles. The van der Waals surface area contributed by atoms with Gasteiger partial charge in [-0.05, 0) is 24.1 Å². The molecule has 0 aliphatic rings. The van der Waals surface area contributed by atoms with Gasteiger partial charge in [0.15, 0.2) is 0 Å². The minimum absolute atomic E-state index is 0.0206. The number of urea groups is 1. The second-order valence-corrected chi connectivity index (χ2v) is 5.24. The molecule has 3 N–H and O–H groups in total. The molecule has 0 bridgehead atoms. The lowest BCUT2D eigenvalue weighted by molar-refractivity contribution is -0.142.